The second-order valence-electron chi connectivity index (χ2n) is 5.46. The molecule has 2 heterocycles. The van der Waals surface area contributed by atoms with Gasteiger partial charge in [0.25, 0.3) is 0 Å². The number of aryl methyl sites for hydroxylation is 1. The first-order valence-corrected chi connectivity index (χ1v) is 6.92. The Morgan fingerprint density at radius 3 is 2.67 bits per heavy atom. The number of amides is 1. The molecule has 1 aromatic heterocycles. The Hall–Kier alpha value is -2.36. The van der Waals surface area contributed by atoms with E-state index in [0.717, 1.165) is 33.8 Å². The molecule has 3 rings (SSSR count). The lowest BCUT2D eigenvalue weighted by atomic mass is 9.99. The molecule has 108 valence electrons. The molecule has 4 nitrogen and oxygen atoms in total. The van der Waals surface area contributed by atoms with Crippen LogP contribution in [-0.4, -0.2) is 25.0 Å². The molecule has 4 heteroatoms. The molecule has 0 unspecified atom stereocenters. The van der Waals surface area contributed by atoms with Crippen LogP contribution in [0.15, 0.2) is 24.4 Å². The monoisotopic (exact) mass is 282 g/mol. The summed E-state index contributed by atoms with van der Waals surface area (Å²) in [4.78, 5) is 17.8. The van der Waals surface area contributed by atoms with E-state index in [1.54, 1.807) is 19.1 Å². The molecule has 2 aromatic rings. The van der Waals surface area contributed by atoms with Gasteiger partial charge in [0.1, 0.15) is 11.6 Å². The lowest BCUT2D eigenvalue weighted by molar-refractivity contribution is -0.117. The van der Waals surface area contributed by atoms with Crippen LogP contribution in [0.1, 0.15) is 16.7 Å². The first kappa shape index (κ1) is 13.6. The molecule has 21 heavy (non-hydrogen) atoms. The molecule has 0 N–H and O–H groups in total. The van der Waals surface area contributed by atoms with Crippen molar-refractivity contribution >= 4 is 11.7 Å². The summed E-state index contributed by atoms with van der Waals surface area (Å²) in [6, 6.07) is 6.20. The molecule has 0 saturated carbocycles. The minimum atomic E-state index is 0.0901. The number of methoxy groups -OCH3 is 1. The van der Waals surface area contributed by atoms with E-state index >= 15 is 0 Å². The number of ether oxygens (including phenoxy) is 1. The molecule has 1 aliphatic rings. The number of pyridine rings is 1. The fraction of sp³-hybridized carbons (Fsp3) is 0.294. The molecular formula is C17H18N2O2. The molecule has 0 atom stereocenters. The molecule has 0 spiro atoms. The highest BCUT2D eigenvalue weighted by Gasteiger charge is 2.25. The van der Waals surface area contributed by atoms with E-state index in [1.807, 2.05) is 25.3 Å². The van der Waals surface area contributed by atoms with Crippen molar-refractivity contribution in [2.24, 2.45) is 0 Å². The Balaban J connectivity index is 2.09. The van der Waals surface area contributed by atoms with Crippen molar-refractivity contribution in [2.75, 3.05) is 19.1 Å². The van der Waals surface area contributed by atoms with Gasteiger partial charge < -0.3 is 4.74 Å². The van der Waals surface area contributed by atoms with E-state index in [0.29, 0.717) is 6.42 Å². The zero-order chi connectivity index (χ0) is 15.1. The molecule has 0 fully saturated rings. The quantitative estimate of drug-likeness (QED) is 0.850. The van der Waals surface area contributed by atoms with E-state index in [9.17, 15) is 4.79 Å². The molecule has 0 radical (unpaired) electrons. The molecule has 1 aromatic carbocycles. The fourth-order valence-corrected chi connectivity index (χ4v) is 2.70. The van der Waals surface area contributed by atoms with Gasteiger partial charge in [-0.05, 0) is 42.7 Å². The molecular weight excluding hydrogens is 264 g/mol. The van der Waals surface area contributed by atoms with Crippen molar-refractivity contribution < 1.29 is 9.53 Å². The Kier molecular flexibility index (Phi) is 3.16. The maximum absolute atomic E-state index is 11.7. The maximum Gasteiger partial charge on any atom is 0.232 e. The molecule has 0 bridgehead atoms. The number of benzene rings is 1. The Labute approximate surface area is 124 Å². The highest BCUT2D eigenvalue weighted by Crippen LogP contribution is 2.33. The zero-order valence-corrected chi connectivity index (χ0v) is 12.7. The Morgan fingerprint density at radius 2 is 1.95 bits per heavy atom. The van der Waals surface area contributed by atoms with E-state index in [2.05, 4.69) is 18.0 Å². The van der Waals surface area contributed by atoms with Crippen LogP contribution in [0, 0.1) is 13.8 Å². The Morgan fingerprint density at radius 1 is 1.19 bits per heavy atom. The lowest BCUT2D eigenvalue weighted by Crippen LogP contribution is -2.21. The highest BCUT2D eigenvalue weighted by atomic mass is 16.5. The third kappa shape index (κ3) is 2.17. The number of aromatic nitrogens is 1. The van der Waals surface area contributed by atoms with Gasteiger partial charge in [-0.25, -0.2) is 4.98 Å². The summed E-state index contributed by atoms with van der Waals surface area (Å²) < 4.78 is 5.43. The Bertz CT molecular complexity index is 738. The van der Waals surface area contributed by atoms with Gasteiger partial charge in [0.15, 0.2) is 0 Å². The molecule has 1 amide bonds. The summed E-state index contributed by atoms with van der Waals surface area (Å²) in [5, 5.41) is 0. The minimum Gasteiger partial charge on any atom is -0.496 e. The number of carbonyl (C=O) groups excluding carboxylic acids is 1. The van der Waals surface area contributed by atoms with E-state index in [4.69, 9.17) is 4.74 Å². The number of rotatable bonds is 2. The number of hydrogen-bond donors (Lipinski definition) is 0. The summed E-state index contributed by atoms with van der Waals surface area (Å²) in [6.07, 6.45) is 2.24. The van der Waals surface area contributed by atoms with Crippen LogP contribution in [0.5, 0.6) is 5.75 Å². The fourth-order valence-electron chi connectivity index (χ4n) is 2.70. The second-order valence-corrected chi connectivity index (χ2v) is 5.46. The van der Waals surface area contributed by atoms with Gasteiger partial charge in [0.05, 0.1) is 13.5 Å². The summed E-state index contributed by atoms with van der Waals surface area (Å²) in [5.74, 6) is 1.73. The summed E-state index contributed by atoms with van der Waals surface area (Å²) >= 11 is 0. The van der Waals surface area contributed by atoms with Crippen molar-refractivity contribution in [1.82, 2.24) is 4.98 Å². The van der Waals surface area contributed by atoms with E-state index < -0.39 is 0 Å². The number of likely N-dealkylation sites (N-methyl/N-ethyl adjacent to an activating group) is 1. The third-order valence-corrected chi connectivity index (χ3v) is 4.15. The maximum atomic E-state index is 11.7. The highest BCUT2D eigenvalue weighted by molar-refractivity contribution is 6.00. The smallest absolute Gasteiger partial charge is 0.232 e. The van der Waals surface area contributed by atoms with Crippen molar-refractivity contribution in [2.45, 2.75) is 20.3 Å². The summed E-state index contributed by atoms with van der Waals surface area (Å²) in [6.45, 7) is 4.12. The number of hydrogen-bond acceptors (Lipinski definition) is 3. The van der Waals surface area contributed by atoms with Crippen LogP contribution in [0.3, 0.4) is 0 Å². The number of carbonyl (C=O) groups is 1. The molecule has 1 aliphatic heterocycles. The van der Waals surface area contributed by atoms with Gasteiger partial charge in [-0.3, -0.25) is 9.69 Å². The molecule has 0 aliphatic carbocycles. The summed E-state index contributed by atoms with van der Waals surface area (Å²) in [7, 11) is 3.44. The average Bonchev–Trinajstić information content (AvgIpc) is 2.76. The predicted octanol–water partition coefficient (Wildman–Crippen LogP) is 2.89. The van der Waals surface area contributed by atoms with Crippen LogP contribution in [-0.2, 0) is 11.2 Å². The molecule has 0 saturated heterocycles. The van der Waals surface area contributed by atoms with Gasteiger partial charge in [-0.1, -0.05) is 6.07 Å². The van der Waals surface area contributed by atoms with E-state index in [-0.39, 0.29) is 5.91 Å². The average molecular weight is 282 g/mol. The third-order valence-electron chi connectivity index (χ3n) is 4.15. The van der Waals surface area contributed by atoms with Crippen LogP contribution in [0.4, 0.5) is 5.82 Å². The van der Waals surface area contributed by atoms with Gasteiger partial charge in [-0.15, -0.1) is 0 Å². The topological polar surface area (TPSA) is 42.4 Å². The first-order chi connectivity index (χ1) is 10.0. The van der Waals surface area contributed by atoms with Crippen molar-refractivity contribution in [3.8, 4) is 16.9 Å². The minimum absolute atomic E-state index is 0.0901. The van der Waals surface area contributed by atoms with Gasteiger partial charge in [0, 0.05) is 24.4 Å². The van der Waals surface area contributed by atoms with Crippen LogP contribution in [0.2, 0.25) is 0 Å². The lowest BCUT2D eigenvalue weighted by Gasteiger charge is -2.12. The van der Waals surface area contributed by atoms with Crippen molar-refractivity contribution in [1.29, 1.82) is 0 Å². The van der Waals surface area contributed by atoms with E-state index in [1.165, 1.54) is 5.56 Å². The standard InChI is InChI=1S/C17H18N2O2/c1-10-5-12(7-15(21-4)11(10)2)14-6-13-8-16(20)19(3)17(13)18-9-14/h5-7,9H,8H2,1-4H3. The predicted molar refractivity (Wildman–Crippen MR) is 82.8 cm³/mol. The number of anilines is 1. The second kappa shape index (κ2) is 4.88. The normalized spacial score (nSPS) is 13.5. The number of fused-ring (bicyclic) bond motifs is 1. The van der Waals surface area contributed by atoms with Crippen molar-refractivity contribution in [3.63, 3.8) is 0 Å². The van der Waals surface area contributed by atoms with Crippen molar-refractivity contribution in [3.05, 3.63) is 41.1 Å². The summed E-state index contributed by atoms with van der Waals surface area (Å²) in [5.41, 5.74) is 5.38. The van der Waals surface area contributed by atoms with Crippen LogP contribution < -0.4 is 9.64 Å². The first-order valence-electron chi connectivity index (χ1n) is 6.92. The van der Waals surface area contributed by atoms with Gasteiger partial charge >= 0.3 is 0 Å². The SMILES string of the molecule is COc1cc(-c2cnc3c(c2)CC(=O)N3C)cc(C)c1C. The zero-order valence-electron chi connectivity index (χ0n) is 12.7. The van der Waals surface area contributed by atoms with Crippen LogP contribution >= 0.6 is 0 Å². The van der Waals surface area contributed by atoms with Crippen LogP contribution in [0.25, 0.3) is 11.1 Å². The van der Waals surface area contributed by atoms with Gasteiger partial charge in [0.2, 0.25) is 5.91 Å². The number of nitrogens with zero attached hydrogens (tertiary/aromatic N) is 2. The van der Waals surface area contributed by atoms with Gasteiger partial charge in [-0.2, -0.15) is 0 Å². The largest absolute Gasteiger partial charge is 0.496 e.